The third-order valence-electron chi connectivity index (χ3n) is 4.58. The molecule has 2 aromatic rings. The van der Waals surface area contributed by atoms with Gasteiger partial charge in [0, 0.05) is 37.9 Å². The van der Waals surface area contributed by atoms with E-state index in [1.165, 1.54) is 6.07 Å². The maximum absolute atomic E-state index is 13.9. The fourth-order valence-corrected chi connectivity index (χ4v) is 3.26. The number of hydrogen-bond acceptors (Lipinski definition) is 3. The highest BCUT2D eigenvalue weighted by molar-refractivity contribution is 5.82. The summed E-state index contributed by atoms with van der Waals surface area (Å²) < 4.78 is 15.4. The number of piperazine rings is 1. The smallest absolute Gasteiger partial charge is 0.239 e. The third kappa shape index (κ3) is 3.90. The number of halogens is 1. The fraction of sp³-hybridized carbons (Fsp3) is 0.474. The molecule has 0 saturated carbocycles. The molecule has 0 aliphatic carbocycles. The van der Waals surface area contributed by atoms with Crippen molar-refractivity contribution in [3.05, 3.63) is 48.0 Å². The van der Waals surface area contributed by atoms with Crippen LogP contribution in [0.25, 0.3) is 5.69 Å². The molecule has 5 nitrogen and oxygen atoms in total. The topological polar surface area (TPSA) is 41.4 Å². The number of nitrogens with zero attached hydrogens (tertiary/aromatic N) is 4. The second-order valence-corrected chi connectivity index (χ2v) is 7.07. The molecule has 1 aliphatic heterocycles. The number of hydrogen-bond donors (Lipinski definition) is 0. The van der Waals surface area contributed by atoms with Crippen LogP contribution in [0.1, 0.15) is 26.3 Å². The SMILES string of the molecule is CC(C)CN1CCN(Cc2cnn(-c3ccccc3F)c2)C(C)C1=O. The van der Waals surface area contributed by atoms with Gasteiger partial charge in [0.15, 0.2) is 0 Å². The standard InChI is InChI=1S/C19H25FN4O/c1-14(2)11-23-9-8-22(15(3)19(23)25)12-16-10-21-24(13-16)18-7-5-4-6-17(18)20/h4-7,10,13-15H,8-9,11-12H2,1-3H3. The van der Waals surface area contributed by atoms with Gasteiger partial charge in [-0.1, -0.05) is 26.0 Å². The van der Waals surface area contributed by atoms with Crippen molar-refractivity contribution in [3.8, 4) is 5.69 Å². The molecule has 1 amide bonds. The molecule has 1 aromatic carbocycles. The molecule has 6 heteroatoms. The first-order valence-corrected chi connectivity index (χ1v) is 8.77. The molecule has 1 aromatic heterocycles. The summed E-state index contributed by atoms with van der Waals surface area (Å²) in [6.45, 7) is 9.24. The molecule has 0 radical (unpaired) electrons. The Morgan fingerprint density at radius 1 is 1.28 bits per heavy atom. The van der Waals surface area contributed by atoms with E-state index < -0.39 is 0 Å². The van der Waals surface area contributed by atoms with E-state index in [1.54, 1.807) is 29.1 Å². The molecule has 1 aliphatic rings. The molecule has 0 spiro atoms. The molecule has 3 rings (SSSR count). The van der Waals surface area contributed by atoms with E-state index in [2.05, 4.69) is 23.8 Å². The molecule has 1 fully saturated rings. The molecule has 2 heterocycles. The van der Waals surface area contributed by atoms with Crippen LogP contribution in [0.2, 0.25) is 0 Å². The van der Waals surface area contributed by atoms with Crippen LogP contribution in [-0.2, 0) is 11.3 Å². The molecule has 1 atom stereocenters. The van der Waals surface area contributed by atoms with Crippen molar-refractivity contribution in [3.63, 3.8) is 0 Å². The van der Waals surface area contributed by atoms with Crippen LogP contribution >= 0.6 is 0 Å². The van der Waals surface area contributed by atoms with Crippen LogP contribution in [0.4, 0.5) is 4.39 Å². The van der Waals surface area contributed by atoms with E-state index in [0.717, 1.165) is 25.2 Å². The van der Waals surface area contributed by atoms with E-state index in [9.17, 15) is 9.18 Å². The van der Waals surface area contributed by atoms with Crippen LogP contribution in [0.3, 0.4) is 0 Å². The lowest BCUT2D eigenvalue weighted by Gasteiger charge is -2.39. The Bertz CT molecular complexity index is 743. The van der Waals surface area contributed by atoms with Gasteiger partial charge in [0.1, 0.15) is 11.5 Å². The highest BCUT2D eigenvalue weighted by atomic mass is 19.1. The summed E-state index contributed by atoms with van der Waals surface area (Å²) >= 11 is 0. The van der Waals surface area contributed by atoms with Gasteiger partial charge < -0.3 is 4.90 Å². The Morgan fingerprint density at radius 3 is 2.76 bits per heavy atom. The van der Waals surface area contributed by atoms with Crippen LogP contribution in [-0.4, -0.2) is 51.2 Å². The van der Waals surface area contributed by atoms with Crippen molar-refractivity contribution in [1.29, 1.82) is 0 Å². The molecule has 25 heavy (non-hydrogen) atoms. The molecule has 134 valence electrons. The van der Waals surface area contributed by atoms with Crippen molar-refractivity contribution in [2.45, 2.75) is 33.4 Å². The average molecular weight is 344 g/mol. The Morgan fingerprint density at radius 2 is 2.04 bits per heavy atom. The maximum Gasteiger partial charge on any atom is 0.239 e. The van der Waals surface area contributed by atoms with Crippen LogP contribution in [0.5, 0.6) is 0 Å². The number of rotatable bonds is 5. The van der Waals surface area contributed by atoms with Crippen molar-refractivity contribution in [2.75, 3.05) is 19.6 Å². The van der Waals surface area contributed by atoms with E-state index in [0.29, 0.717) is 18.2 Å². The quantitative estimate of drug-likeness (QED) is 0.837. The summed E-state index contributed by atoms with van der Waals surface area (Å²) in [4.78, 5) is 16.7. The maximum atomic E-state index is 13.9. The summed E-state index contributed by atoms with van der Waals surface area (Å²) in [6.07, 6.45) is 3.57. The predicted octanol–water partition coefficient (Wildman–Crippen LogP) is 2.70. The van der Waals surface area contributed by atoms with Gasteiger partial charge in [-0.05, 0) is 25.0 Å². The zero-order valence-corrected chi connectivity index (χ0v) is 15.0. The van der Waals surface area contributed by atoms with Gasteiger partial charge in [-0.25, -0.2) is 9.07 Å². The van der Waals surface area contributed by atoms with E-state index >= 15 is 0 Å². The van der Waals surface area contributed by atoms with Crippen molar-refractivity contribution in [1.82, 2.24) is 19.6 Å². The minimum atomic E-state index is -0.303. The Kier molecular flexibility index (Phi) is 5.18. The lowest BCUT2D eigenvalue weighted by molar-refractivity contribution is -0.141. The lowest BCUT2D eigenvalue weighted by atomic mass is 10.1. The van der Waals surface area contributed by atoms with E-state index in [1.807, 2.05) is 18.0 Å². The van der Waals surface area contributed by atoms with Gasteiger partial charge in [-0.3, -0.25) is 9.69 Å². The number of carbonyl (C=O) groups excluding carboxylic acids is 1. The minimum Gasteiger partial charge on any atom is -0.340 e. The number of aromatic nitrogens is 2. The third-order valence-corrected chi connectivity index (χ3v) is 4.58. The zero-order chi connectivity index (χ0) is 18.0. The Balaban J connectivity index is 1.68. The molecule has 1 saturated heterocycles. The number of carbonyl (C=O) groups is 1. The van der Waals surface area contributed by atoms with Crippen LogP contribution in [0, 0.1) is 11.7 Å². The summed E-state index contributed by atoms with van der Waals surface area (Å²) in [7, 11) is 0. The molecule has 1 unspecified atom stereocenters. The van der Waals surface area contributed by atoms with E-state index in [-0.39, 0.29) is 17.8 Å². The van der Waals surface area contributed by atoms with Crippen molar-refractivity contribution >= 4 is 5.91 Å². The Hall–Kier alpha value is -2.21. The predicted molar refractivity (Wildman–Crippen MR) is 94.8 cm³/mol. The van der Waals surface area contributed by atoms with Gasteiger partial charge in [-0.15, -0.1) is 0 Å². The van der Waals surface area contributed by atoms with Crippen LogP contribution < -0.4 is 0 Å². The zero-order valence-electron chi connectivity index (χ0n) is 15.0. The first-order chi connectivity index (χ1) is 12.0. The second kappa shape index (κ2) is 7.35. The van der Waals surface area contributed by atoms with Crippen molar-refractivity contribution in [2.24, 2.45) is 5.92 Å². The monoisotopic (exact) mass is 344 g/mol. The van der Waals surface area contributed by atoms with Crippen LogP contribution in [0.15, 0.2) is 36.7 Å². The normalized spacial score (nSPS) is 19.0. The highest BCUT2D eigenvalue weighted by Crippen LogP contribution is 2.18. The fourth-order valence-electron chi connectivity index (χ4n) is 3.26. The number of para-hydroxylation sites is 1. The summed E-state index contributed by atoms with van der Waals surface area (Å²) in [6, 6.07) is 6.42. The van der Waals surface area contributed by atoms with E-state index in [4.69, 9.17) is 0 Å². The summed E-state index contributed by atoms with van der Waals surface area (Å²) in [5, 5.41) is 4.27. The first-order valence-electron chi connectivity index (χ1n) is 8.77. The van der Waals surface area contributed by atoms with Crippen molar-refractivity contribution < 1.29 is 9.18 Å². The molecular formula is C19H25FN4O. The summed E-state index contributed by atoms with van der Waals surface area (Å²) in [5.41, 5.74) is 1.40. The van der Waals surface area contributed by atoms with Gasteiger partial charge in [-0.2, -0.15) is 5.10 Å². The number of benzene rings is 1. The minimum absolute atomic E-state index is 0.149. The molecular weight excluding hydrogens is 319 g/mol. The number of amides is 1. The first kappa shape index (κ1) is 17.6. The van der Waals surface area contributed by atoms with Gasteiger partial charge in [0.25, 0.3) is 0 Å². The molecule has 0 bridgehead atoms. The molecule has 0 N–H and O–H groups in total. The average Bonchev–Trinajstić information content (AvgIpc) is 3.03. The second-order valence-electron chi connectivity index (χ2n) is 7.07. The lowest BCUT2D eigenvalue weighted by Crippen LogP contribution is -2.56. The summed E-state index contributed by atoms with van der Waals surface area (Å²) in [5.74, 6) is 0.353. The van der Waals surface area contributed by atoms with Gasteiger partial charge in [0.05, 0.1) is 12.2 Å². The highest BCUT2D eigenvalue weighted by Gasteiger charge is 2.31. The largest absolute Gasteiger partial charge is 0.340 e. The van der Waals surface area contributed by atoms with Gasteiger partial charge in [0.2, 0.25) is 5.91 Å². The van der Waals surface area contributed by atoms with Gasteiger partial charge >= 0.3 is 0 Å². The Labute approximate surface area is 148 Å².